The first kappa shape index (κ1) is 16.0. The molecule has 0 aliphatic rings. The van der Waals surface area contributed by atoms with Crippen molar-refractivity contribution in [2.45, 2.75) is 13.0 Å². The molecule has 0 aliphatic carbocycles. The van der Waals surface area contributed by atoms with Crippen LogP contribution in [0.15, 0.2) is 22.7 Å². The Morgan fingerprint density at radius 2 is 2.00 bits per heavy atom. The van der Waals surface area contributed by atoms with E-state index in [4.69, 9.17) is 10.5 Å². The fourth-order valence-electron chi connectivity index (χ4n) is 1.26. The molecular formula is C12H14BrN3O4. The van der Waals surface area contributed by atoms with Gasteiger partial charge in [-0.25, -0.2) is 9.59 Å². The molecule has 20 heavy (non-hydrogen) atoms. The standard InChI is InChI=1S/C12H14BrN3O4/c1-6(10(17)16-12(19)15-2)20-11(18)8-5-7(13)3-4-9(8)14/h3-6H,14H2,1-2H3,(H2,15,16,17,19)/t6-/m0/s1. The molecule has 0 unspecified atom stereocenters. The summed E-state index contributed by atoms with van der Waals surface area (Å²) in [5.41, 5.74) is 6.03. The van der Waals surface area contributed by atoms with Gasteiger partial charge in [0.15, 0.2) is 6.10 Å². The van der Waals surface area contributed by atoms with Gasteiger partial charge in [0.25, 0.3) is 5.91 Å². The van der Waals surface area contributed by atoms with E-state index in [0.29, 0.717) is 4.47 Å². The fourth-order valence-corrected chi connectivity index (χ4v) is 1.62. The lowest BCUT2D eigenvalue weighted by molar-refractivity contribution is -0.127. The normalized spacial score (nSPS) is 11.3. The molecule has 0 heterocycles. The maximum absolute atomic E-state index is 11.9. The van der Waals surface area contributed by atoms with Crippen molar-refractivity contribution < 1.29 is 19.1 Å². The average molecular weight is 344 g/mol. The Bertz CT molecular complexity index is 548. The summed E-state index contributed by atoms with van der Waals surface area (Å²) >= 11 is 3.21. The largest absolute Gasteiger partial charge is 0.449 e. The zero-order chi connectivity index (χ0) is 15.3. The van der Waals surface area contributed by atoms with Gasteiger partial charge in [-0.15, -0.1) is 0 Å². The number of nitrogen functional groups attached to an aromatic ring is 1. The van der Waals surface area contributed by atoms with Crippen molar-refractivity contribution in [3.05, 3.63) is 28.2 Å². The molecule has 0 spiro atoms. The maximum atomic E-state index is 11.9. The summed E-state index contributed by atoms with van der Waals surface area (Å²) in [5.74, 6) is -1.48. The molecule has 0 aromatic heterocycles. The molecule has 0 radical (unpaired) electrons. The highest BCUT2D eigenvalue weighted by atomic mass is 79.9. The van der Waals surface area contributed by atoms with E-state index in [1.54, 1.807) is 6.07 Å². The molecule has 4 N–H and O–H groups in total. The van der Waals surface area contributed by atoms with Crippen molar-refractivity contribution in [3.8, 4) is 0 Å². The van der Waals surface area contributed by atoms with Gasteiger partial charge in [0.05, 0.1) is 5.56 Å². The summed E-state index contributed by atoms with van der Waals surface area (Å²) in [5, 5.41) is 4.22. The third kappa shape index (κ3) is 4.23. The minimum absolute atomic E-state index is 0.138. The summed E-state index contributed by atoms with van der Waals surface area (Å²) < 4.78 is 5.60. The van der Waals surface area contributed by atoms with Crippen molar-refractivity contribution in [1.29, 1.82) is 0 Å². The summed E-state index contributed by atoms with van der Waals surface area (Å²) in [7, 11) is 1.36. The smallest absolute Gasteiger partial charge is 0.341 e. The molecule has 3 amide bonds. The summed E-state index contributed by atoms with van der Waals surface area (Å²) in [4.78, 5) is 34.4. The minimum Gasteiger partial charge on any atom is -0.449 e. The van der Waals surface area contributed by atoms with Crippen LogP contribution in [0, 0.1) is 0 Å². The highest BCUT2D eigenvalue weighted by Gasteiger charge is 2.21. The first-order valence-electron chi connectivity index (χ1n) is 5.63. The minimum atomic E-state index is -1.13. The van der Waals surface area contributed by atoms with E-state index in [1.807, 2.05) is 5.32 Å². The lowest BCUT2D eigenvalue weighted by atomic mass is 10.2. The number of carbonyl (C=O) groups excluding carboxylic acids is 3. The quantitative estimate of drug-likeness (QED) is 0.560. The van der Waals surface area contributed by atoms with Gasteiger partial charge < -0.3 is 15.8 Å². The van der Waals surface area contributed by atoms with E-state index >= 15 is 0 Å². The molecule has 0 aliphatic heterocycles. The van der Waals surface area contributed by atoms with Crippen LogP contribution in [-0.4, -0.2) is 31.1 Å². The number of rotatable bonds is 3. The fraction of sp³-hybridized carbons (Fsp3) is 0.250. The van der Waals surface area contributed by atoms with Gasteiger partial charge in [-0.3, -0.25) is 10.1 Å². The van der Waals surface area contributed by atoms with Crippen LogP contribution in [0.3, 0.4) is 0 Å². The molecule has 0 saturated carbocycles. The molecule has 7 nitrogen and oxygen atoms in total. The number of nitrogens with one attached hydrogen (secondary N) is 2. The first-order valence-corrected chi connectivity index (χ1v) is 6.43. The Hall–Kier alpha value is -2.09. The third-order valence-corrected chi connectivity index (χ3v) is 2.85. The van der Waals surface area contributed by atoms with Gasteiger partial charge in [0.1, 0.15) is 0 Å². The number of carbonyl (C=O) groups is 3. The predicted molar refractivity (Wildman–Crippen MR) is 76.0 cm³/mol. The van der Waals surface area contributed by atoms with Crippen LogP contribution < -0.4 is 16.4 Å². The van der Waals surface area contributed by atoms with Crippen LogP contribution >= 0.6 is 15.9 Å². The number of anilines is 1. The van der Waals surface area contributed by atoms with Gasteiger partial charge >= 0.3 is 12.0 Å². The molecule has 1 aromatic rings. The van der Waals surface area contributed by atoms with Crippen LogP contribution in [0.2, 0.25) is 0 Å². The van der Waals surface area contributed by atoms with Crippen LogP contribution in [0.25, 0.3) is 0 Å². The number of hydrogen-bond acceptors (Lipinski definition) is 5. The topological polar surface area (TPSA) is 111 Å². The lowest BCUT2D eigenvalue weighted by Gasteiger charge is -2.13. The summed E-state index contributed by atoms with van der Waals surface area (Å²) in [6, 6.07) is 4.02. The number of amides is 3. The van der Waals surface area contributed by atoms with Gasteiger partial charge in [-0.05, 0) is 25.1 Å². The highest BCUT2D eigenvalue weighted by molar-refractivity contribution is 9.10. The SMILES string of the molecule is CNC(=O)NC(=O)[C@H](C)OC(=O)c1cc(Br)ccc1N. The Kier molecular flexibility index (Phi) is 5.51. The molecule has 0 fully saturated rings. The number of halogens is 1. The van der Waals surface area contributed by atoms with Crippen molar-refractivity contribution >= 4 is 39.5 Å². The third-order valence-electron chi connectivity index (χ3n) is 2.35. The molecule has 108 valence electrons. The van der Waals surface area contributed by atoms with Crippen LogP contribution in [0.4, 0.5) is 10.5 Å². The predicted octanol–water partition coefficient (Wildman–Crippen LogP) is 1.03. The Morgan fingerprint density at radius 3 is 2.60 bits per heavy atom. The molecule has 1 aromatic carbocycles. The Balaban J connectivity index is 2.72. The molecule has 0 saturated heterocycles. The molecule has 1 atom stereocenters. The monoisotopic (exact) mass is 343 g/mol. The Morgan fingerprint density at radius 1 is 1.35 bits per heavy atom. The van der Waals surface area contributed by atoms with Crippen LogP contribution in [0.1, 0.15) is 17.3 Å². The summed E-state index contributed by atoms with van der Waals surface area (Å²) in [6.45, 7) is 1.35. The molecule has 8 heteroatoms. The van der Waals surface area contributed by atoms with Crippen molar-refractivity contribution in [1.82, 2.24) is 10.6 Å². The van der Waals surface area contributed by atoms with Gasteiger partial charge in [-0.1, -0.05) is 15.9 Å². The lowest BCUT2D eigenvalue weighted by Crippen LogP contribution is -2.43. The van der Waals surface area contributed by atoms with Gasteiger partial charge in [-0.2, -0.15) is 0 Å². The maximum Gasteiger partial charge on any atom is 0.341 e. The highest BCUT2D eigenvalue weighted by Crippen LogP contribution is 2.19. The molecular weight excluding hydrogens is 330 g/mol. The van der Waals surface area contributed by atoms with E-state index in [-0.39, 0.29) is 11.3 Å². The number of hydrogen-bond donors (Lipinski definition) is 3. The Labute approximate surface area is 124 Å². The second kappa shape index (κ2) is 6.90. The second-order valence-corrected chi connectivity index (χ2v) is 4.76. The number of imide groups is 1. The second-order valence-electron chi connectivity index (χ2n) is 3.85. The van der Waals surface area contributed by atoms with E-state index in [9.17, 15) is 14.4 Å². The van der Waals surface area contributed by atoms with Crippen molar-refractivity contribution in [2.24, 2.45) is 0 Å². The van der Waals surface area contributed by atoms with Gasteiger partial charge in [0.2, 0.25) is 0 Å². The van der Waals surface area contributed by atoms with Crippen molar-refractivity contribution in [2.75, 3.05) is 12.8 Å². The number of urea groups is 1. The van der Waals surface area contributed by atoms with E-state index in [0.717, 1.165) is 0 Å². The van der Waals surface area contributed by atoms with Crippen LogP contribution in [-0.2, 0) is 9.53 Å². The number of ether oxygens (including phenoxy) is 1. The zero-order valence-corrected chi connectivity index (χ0v) is 12.5. The molecule has 1 rings (SSSR count). The average Bonchev–Trinajstić information content (AvgIpc) is 2.40. The van der Waals surface area contributed by atoms with Gasteiger partial charge in [0, 0.05) is 17.2 Å². The first-order chi connectivity index (χ1) is 9.35. The van der Waals surface area contributed by atoms with Crippen molar-refractivity contribution in [3.63, 3.8) is 0 Å². The number of esters is 1. The molecule has 0 bridgehead atoms. The van der Waals surface area contributed by atoms with E-state index in [2.05, 4.69) is 21.2 Å². The summed E-state index contributed by atoms with van der Waals surface area (Å²) in [6.07, 6.45) is -1.13. The number of benzene rings is 1. The number of nitrogens with two attached hydrogens (primary N) is 1. The zero-order valence-electron chi connectivity index (χ0n) is 10.9. The van der Waals surface area contributed by atoms with Crippen LogP contribution in [0.5, 0.6) is 0 Å². The van der Waals surface area contributed by atoms with E-state index in [1.165, 1.54) is 26.1 Å². The van der Waals surface area contributed by atoms with E-state index < -0.39 is 24.0 Å².